The standard InChI is InChI=1S/C28H33NO8S/c1-12(30)17-25(34)22(29(2)3)21-24(33)19-15(11-38-13-7-4-5-8-13)14-9-6-10-16(31)18(14)23(32)20(19)27(36)28(21,37)26(17)35/h6,9-10,13,15,19,21-22,24,31-33,35,37H,4-5,7-8,11H2,1-3H3/t15-,19?,21?,22-,24?,28+/m0/s1. The third-order valence-corrected chi connectivity index (χ3v) is 10.2. The summed E-state index contributed by atoms with van der Waals surface area (Å²) < 4.78 is 0. The Labute approximate surface area is 224 Å². The van der Waals surface area contributed by atoms with E-state index >= 15 is 0 Å². The SMILES string of the molecule is CC(=O)C1=C(O)[C@@]2(O)C(=O)C3=C(O)c4c(O)cccc4[C@H](CSC4CCCC4)C3C(O)C2[C@H](N(C)C)C1=O. The summed E-state index contributed by atoms with van der Waals surface area (Å²) in [6.07, 6.45) is 2.81. The second kappa shape index (κ2) is 9.51. The molecule has 6 atom stereocenters. The number of hydrogen-bond acceptors (Lipinski definition) is 10. The second-order valence-corrected chi connectivity index (χ2v) is 12.4. The van der Waals surface area contributed by atoms with Gasteiger partial charge in [0.2, 0.25) is 5.78 Å². The molecule has 3 unspecified atom stereocenters. The predicted octanol–water partition coefficient (Wildman–Crippen LogP) is 2.26. The van der Waals surface area contributed by atoms with E-state index in [-0.39, 0.29) is 16.9 Å². The van der Waals surface area contributed by atoms with Gasteiger partial charge in [-0.1, -0.05) is 25.0 Å². The molecule has 0 spiro atoms. The van der Waals surface area contributed by atoms with Gasteiger partial charge in [-0.2, -0.15) is 11.8 Å². The smallest absolute Gasteiger partial charge is 0.202 e. The summed E-state index contributed by atoms with van der Waals surface area (Å²) in [4.78, 5) is 41.3. The Balaban J connectivity index is 1.73. The lowest BCUT2D eigenvalue weighted by molar-refractivity contribution is -0.169. The number of benzene rings is 1. The molecule has 0 aliphatic heterocycles. The zero-order valence-corrected chi connectivity index (χ0v) is 22.4. The van der Waals surface area contributed by atoms with Crippen LogP contribution >= 0.6 is 11.8 Å². The molecule has 0 amide bonds. The highest BCUT2D eigenvalue weighted by molar-refractivity contribution is 7.99. The number of rotatable bonds is 5. The van der Waals surface area contributed by atoms with Crippen molar-refractivity contribution >= 4 is 34.9 Å². The number of carbonyl (C=O) groups is 3. The average Bonchev–Trinajstić information content (AvgIpc) is 3.37. The van der Waals surface area contributed by atoms with E-state index in [9.17, 15) is 39.9 Å². The van der Waals surface area contributed by atoms with Crippen LogP contribution in [0.5, 0.6) is 5.75 Å². The number of nitrogens with zero attached hydrogens (tertiary/aromatic N) is 1. The minimum absolute atomic E-state index is 0.0460. The molecule has 9 nitrogen and oxygen atoms in total. The number of aliphatic hydroxyl groups is 4. The third kappa shape index (κ3) is 3.68. The molecule has 204 valence electrons. The lowest BCUT2D eigenvalue weighted by atomic mass is 9.54. The van der Waals surface area contributed by atoms with Crippen LogP contribution < -0.4 is 0 Å². The Morgan fingerprint density at radius 2 is 1.79 bits per heavy atom. The van der Waals surface area contributed by atoms with Crippen LogP contribution in [0.1, 0.15) is 49.7 Å². The van der Waals surface area contributed by atoms with E-state index in [0.717, 1.165) is 32.6 Å². The van der Waals surface area contributed by atoms with Crippen molar-refractivity contribution in [1.29, 1.82) is 0 Å². The number of fused-ring (bicyclic) bond motifs is 3. The highest BCUT2D eigenvalue weighted by Crippen LogP contribution is 2.57. The predicted molar refractivity (Wildman–Crippen MR) is 141 cm³/mol. The van der Waals surface area contributed by atoms with Gasteiger partial charge < -0.3 is 25.5 Å². The summed E-state index contributed by atoms with van der Waals surface area (Å²) in [5.74, 6) is -7.23. The molecule has 0 bridgehead atoms. The highest BCUT2D eigenvalue weighted by atomic mass is 32.2. The zero-order valence-electron chi connectivity index (χ0n) is 21.5. The van der Waals surface area contributed by atoms with Gasteiger partial charge in [0.15, 0.2) is 17.2 Å². The maximum atomic E-state index is 14.1. The first kappa shape index (κ1) is 26.9. The molecular weight excluding hydrogens is 510 g/mol. The Hall–Kier alpha value is -2.66. The monoisotopic (exact) mass is 543 g/mol. The van der Waals surface area contributed by atoms with Crippen LogP contribution in [-0.2, 0) is 14.4 Å². The van der Waals surface area contributed by atoms with Crippen molar-refractivity contribution in [2.24, 2.45) is 11.8 Å². The number of aliphatic hydroxyl groups excluding tert-OH is 3. The molecule has 2 saturated carbocycles. The molecule has 38 heavy (non-hydrogen) atoms. The Morgan fingerprint density at radius 1 is 1.13 bits per heavy atom. The van der Waals surface area contributed by atoms with Crippen molar-refractivity contribution in [2.45, 2.75) is 61.5 Å². The van der Waals surface area contributed by atoms with Gasteiger partial charge in [-0.25, -0.2) is 0 Å². The normalized spacial score (nSPS) is 33.5. The summed E-state index contributed by atoms with van der Waals surface area (Å²) in [7, 11) is 3.07. The molecule has 1 aromatic carbocycles. The van der Waals surface area contributed by atoms with E-state index in [1.807, 2.05) is 0 Å². The molecule has 1 aromatic rings. The van der Waals surface area contributed by atoms with E-state index in [4.69, 9.17) is 0 Å². The molecule has 4 aliphatic carbocycles. The van der Waals surface area contributed by atoms with Crippen molar-refractivity contribution in [3.63, 3.8) is 0 Å². The van der Waals surface area contributed by atoms with Crippen LogP contribution in [0.25, 0.3) is 5.76 Å². The third-order valence-electron chi connectivity index (χ3n) is 8.72. The van der Waals surface area contributed by atoms with Gasteiger partial charge in [0.25, 0.3) is 0 Å². The minimum atomic E-state index is -2.83. The summed E-state index contributed by atoms with van der Waals surface area (Å²) >= 11 is 1.71. The fourth-order valence-electron chi connectivity index (χ4n) is 6.99. The fraction of sp³-hybridized carbons (Fsp3) is 0.536. The van der Waals surface area contributed by atoms with Crippen LogP contribution in [-0.4, -0.2) is 90.6 Å². The van der Waals surface area contributed by atoms with Gasteiger partial charge in [-0.15, -0.1) is 0 Å². The van der Waals surface area contributed by atoms with Crippen LogP contribution in [0.2, 0.25) is 0 Å². The van der Waals surface area contributed by atoms with E-state index in [1.165, 1.54) is 25.1 Å². The van der Waals surface area contributed by atoms with Crippen LogP contribution in [0, 0.1) is 11.8 Å². The number of thioether (sulfide) groups is 1. The molecule has 2 fully saturated rings. The fourth-order valence-corrected chi connectivity index (χ4v) is 8.52. The van der Waals surface area contributed by atoms with Gasteiger partial charge in [0.05, 0.1) is 23.6 Å². The first-order valence-corrected chi connectivity index (χ1v) is 13.9. The maximum Gasteiger partial charge on any atom is 0.202 e. The van der Waals surface area contributed by atoms with Crippen LogP contribution in [0.15, 0.2) is 35.1 Å². The highest BCUT2D eigenvalue weighted by Gasteiger charge is 2.68. The molecule has 0 heterocycles. The Kier molecular flexibility index (Phi) is 6.74. The Morgan fingerprint density at radius 3 is 2.39 bits per heavy atom. The van der Waals surface area contributed by atoms with Gasteiger partial charge in [0.1, 0.15) is 22.8 Å². The van der Waals surface area contributed by atoms with Crippen molar-refractivity contribution in [1.82, 2.24) is 4.90 Å². The molecule has 0 aromatic heterocycles. The number of phenols is 1. The largest absolute Gasteiger partial charge is 0.508 e. The molecule has 0 saturated heterocycles. The first-order valence-electron chi connectivity index (χ1n) is 12.9. The number of likely N-dealkylation sites (N-methyl/N-ethyl adjacent to an activating group) is 1. The number of hydrogen-bond donors (Lipinski definition) is 5. The number of aromatic hydroxyl groups is 1. The lowest BCUT2D eigenvalue weighted by Gasteiger charge is -2.54. The van der Waals surface area contributed by atoms with Crippen molar-refractivity contribution < 1.29 is 39.9 Å². The number of phenolic OH excluding ortho intramolecular Hbond substituents is 1. The van der Waals surface area contributed by atoms with E-state index in [1.54, 1.807) is 23.9 Å². The molecule has 0 radical (unpaired) electrons. The minimum Gasteiger partial charge on any atom is -0.508 e. The van der Waals surface area contributed by atoms with Gasteiger partial charge in [0, 0.05) is 28.4 Å². The number of Topliss-reactive ketones (excluding diaryl/α,β-unsaturated/α-hetero) is 3. The average molecular weight is 544 g/mol. The van der Waals surface area contributed by atoms with E-state index in [2.05, 4.69) is 0 Å². The molecule has 5 N–H and O–H groups in total. The topological polar surface area (TPSA) is 156 Å². The zero-order chi connectivity index (χ0) is 27.7. The summed E-state index contributed by atoms with van der Waals surface area (Å²) in [5, 5.41) is 57.3. The second-order valence-electron chi connectivity index (χ2n) is 11.0. The van der Waals surface area contributed by atoms with Crippen molar-refractivity contribution in [3.8, 4) is 5.75 Å². The molecular formula is C28H33NO8S. The lowest BCUT2D eigenvalue weighted by Crippen LogP contribution is -2.70. The van der Waals surface area contributed by atoms with Crippen molar-refractivity contribution in [2.75, 3.05) is 19.8 Å². The summed E-state index contributed by atoms with van der Waals surface area (Å²) in [6, 6.07) is 3.46. The summed E-state index contributed by atoms with van der Waals surface area (Å²) in [5.41, 5.74) is -3.23. The van der Waals surface area contributed by atoms with E-state index in [0.29, 0.717) is 16.6 Å². The van der Waals surface area contributed by atoms with Crippen LogP contribution in [0.4, 0.5) is 0 Å². The van der Waals surface area contributed by atoms with Crippen molar-refractivity contribution in [3.05, 3.63) is 46.2 Å². The quantitative estimate of drug-likeness (QED) is 0.349. The number of carbonyl (C=O) groups excluding carboxylic acids is 3. The molecule has 10 heteroatoms. The van der Waals surface area contributed by atoms with Gasteiger partial charge in [-0.3, -0.25) is 19.3 Å². The molecule has 4 aliphatic rings. The van der Waals surface area contributed by atoms with Crippen LogP contribution in [0.3, 0.4) is 0 Å². The molecule has 5 rings (SSSR count). The van der Waals surface area contributed by atoms with Gasteiger partial charge in [-0.05, 0) is 45.5 Å². The maximum absolute atomic E-state index is 14.1. The Bertz CT molecular complexity index is 1280. The first-order chi connectivity index (χ1) is 17.9. The number of ketones is 3. The van der Waals surface area contributed by atoms with E-state index < -0.39 is 69.9 Å². The summed E-state index contributed by atoms with van der Waals surface area (Å²) in [6.45, 7) is 1.05. The van der Waals surface area contributed by atoms with Gasteiger partial charge >= 0.3 is 0 Å².